The van der Waals surface area contributed by atoms with E-state index >= 15 is 0 Å². The highest BCUT2D eigenvalue weighted by molar-refractivity contribution is 6.66. The van der Waals surface area contributed by atoms with Gasteiger partial charge in [-0.2, -0.15) is 5.01 Å². The minimum atomic E-state index is -2.20. The molecule has 0 spiro atoms. The number of fused-ring (bicyclic) bond motifs is 5. The number of hydrogen-bond acceptors (Lipinski definition) is 7. The molecule has 3 amide bonds. The third-order valence-corrected chi connectivity index (χ3v) is 12.8. The Kier molecular flexibility index (Phi) is 8.49. The van der Waals surface area contributed by atoms with Crippen LogP contribution in [0.2, 0.25) is 5.02 Å². The molecule has 242 valence electrons. The molecule has 3 aliphatic rings. The number of Topliss-reactive ketones (excluding diaryl/α,β-unsaturated/α-hetero) is 1. The number of nitrogens with zero attached hydrogens (tertiary/aromatic N) is 3. The van der Waals surface area contributed by atoms with Crippen LogP contribution in [0.15, 0.2) is 82.9 Å². The van der Waals surface area contributed by atoms with Crippen molar-refractivity contribution in [1.82, 2.24) is 10.0 Å². The molecule has 0 N–H and O–H groups in total. The second-order valence-electron chi connectivity index (χ2n) is 10.7. The van der Waals surface area contributed by atoms with Gasteiger partial charge in [-0.05, 0) is 48.5 Å². The van der Waals surface area contributed by atoms with Gasteiger partial charge in [-0.25, -0.2) is 5.01 Å². The summed E-state index contributed by atoms with van der Waals surface area (Å²) in [5, 5.41) is 11.4. The van der Waals surface area contributed by atoms with Crippen LogP contribution in [0.3, 0.4) is 0 Å². The third kappa shape index (κ3) is 4.83. The molecule has 1 heterocycles. The van der Waals surface area contributed by atoms with Crippen LogP contribution in [-0.4, -0.2) is 59.1 Å². The fraction of sp³-hybridized carbons (Fsp3) is 0.200. The average Bonchev–Trinajstić information content (AvgIpc) is 3.43. The second-order valence-corrected chi connectivity index (χ2v) is 14.4. The predicted molar refractivity (Wildman–Crippen MR) is 176 cm³/mol. The molecular weight excluding hydrogens is 763 g/mol. The number of non-ortho nitro benzene ring substituents is 1. The number of allylic oxidation sites excluding steroid dienone is 2. The number of hydrazine groups is 1. The number of nitro benzene ring substituents is 1. The summed E-state index contributed by atoms with van der Waals surface area (Å²) in [6, 6.07) is 16.9. The van der Waals surface area contributed by atoms with E-state index in [1.165, 1.54) is 66.7 Å². The van der Waals surface area contributed by atoms with Crippen molar-refractivity contribution in [2.75, 3.05) is 6.54 Å². The lowest BCUT2D eigenvalue weighted by Gasteiger charge is -2.36. The highest BCUT2D eigenvalue weighted by Gasteiger charge is 2.88. The molecule has 1 saturated carbocycles. The van der Waals surface area contributed by atoms with Crippen molar-refractivity contribution in [3.05, 3.63) is 109 Å². The maximum atomic E-state index is 14.1. The first-order chi connectivity index (χ1) is 22.1. The fourth-order valence-corrected chi connectivity index (χ4v) is 9.08. The summed E-state index contributed by atoms with van der Waals surface area (Å²) in [5.74, 6) is -6.23. The maximum absolute atomic E-state index is 14.1. The third-order valence-electron chi connectivity index (χ3n) is 8.22. The Balaban J connectivity index is 1.32. The highest BCUT2D eigenvalue weighted by atomic mass is 35.5. The molecule has 1 aliphatic heterocycles. The lowest BCUT2D eigenvalue weighted by Crippen LogP contribution is -2.56. The Morgan fingerprint density at radius 3 is 1.79 bits per heavy atom. The summed E-state index contributed by atoms with van der Waals surface area (Å²) in [7, 11) is 0. The minimum absolute atomic E-state index is 0.0158. The van der Waals surface area contributed by atoms with Gasteiger partial charge in [-0.15, -0.1) is 23.2 Å². The molecule has 47 heavy (non-hydrogen) atoms. The first-order valence-corrected chi connectivity index (χ1v) is 16.0. The summed E-state index contributed by atoms with van der Waals surface area (Å²) in [5.41, 5.74) is -0.155. The van der Waals surface area contributed by atoms with Crippen LogP contribution < -0.4 is 4.74 Å². The van der Waals surface area contributed by atoms with E-state index in [1.807, 2.05) is 0 Å². The van der Waals surface area contributed by atoms with E-state index in [4.69, 9.17) is 85.9 Å². The van der Waals surface area contributed by atoms with E-state index in [1.54, 1.807) is 6.07 Å². The van der Waals surface area contributed by atoms with E-state index < -0.39 is 60.9 Å². The van der Waals surface area contributed by atoms with Gasteiger partial charge in [0.25, 0.3) is 23.4 Å². The van der Waals surface area contributed by atoms with Crippen molar-refractivity contribution in [2.24, 2.45) is 11.8 Å². The van der Waals surface area contributed by atoms with Gasteiger partial charge >= 0.3 is 0 Å². The molecule has 3 aromatic rings. The van der Waals surface area contributed by atoms with Crippen LogP contribution in [0.5, 0.6) is 11.5 Å². The number of imide groups is 1. The van der Waals surface area contributed by atoms with Crippen LogP contribution in [0.1, 0.15) is 20.7 Å². The lowest BCUT2D eigenvalue weighted by molar-refractivity contribution is -0.384. The molecule has 2 aliphatic carbocycles. The van der Waals surface area contributed by atoms with Crippen LogP contribution >= 0.6 is 81.2 Å². The molecule has 0 aromatic heterocycles. The van der Waals surface area contributed by atoms with Gasteiger partial charge in [0.15, 0.2) is 10.1 Å². The smallest absolute Gasteiger partial charge is 0.274 e. The molecule has 0 unspecified atom stereocenters. The van der Waals surface area contributed by atoms with Crippen molar-refractivity contribution in [3.8, 4) is 11.5 Å². The Morgan fingerprint density at radius 2 is 1.30 bits per heavy atom. The number of nitro groups is 1. The zero-order valence-electron chi connectivity index (χ0n) is 23.1. The van der Waals surface area contributed by atoms with Crippen molar-refractivity contribution < 1.29 is 28.8 Å². The average molecular weight is 779 g/mol. The van der Waals surface area contributed by atoms with Crippen molar-refractivity contribution in [1.29, 1.82) is 0 Å². The Labute approximate surface area is 300 Å². The number of carbonyl (C=O) groups is 4. The van der Waals surface area contributed by atoms with Crippen LogP contribution in [0, 0.1) is 22.0 Å². The van der Waals surface area contributed by atoms with Crippen molar-refractivity contribution in [2.45, 2.75) is 14.1 Å². The number of hydrogen-bond donors (Lipinski definition) is 0. The van der Waals surface area contributed by atoms with Gasteiger partial charge < -0.3 is 4.74 Å². The molecular formula is C30H16Cl7N3O7. The van der Waals surface area contributed by atoms with Crippen LogP contribution in [-0.2, 0) is 9.59 Å². The quantitative estimate of drug-likeness (QED) is 0.0754. The van der Waals surface area contributed by atoms with Crippen molar-refractivity contribution >= 4 is 110 Å². The maximum Gasteiger partial charge on any atom is 0.274 e. The van der Waals surface area contributed by atoms with E-state index in [9.17, 15) is 29.3 Å². The van der Waals surface area contributed by atoms with Gasteiger partial charge in [-0.1, -0.05) is 70.1 Å². The fourth-order valence-electron chi connectivity index (χ4n) is 5.93. The van der Waals surface area contributed by atoms with Gasteiger partial charge in [-0.3, -0.25) is 29.3 Å². The molecule has 10 nitrogen and oxygen atoms in total. The lowest BCUT2D eigenvalue weighted by atomic mass is 9.84. The number of ether oxygens (including phenoxy) is 1. The topological polar surface area (TPSA) is 127 Å². The standard InChI is InChI=1S/C30H16Cl7N3O7/c31-19-4-2-1-3-18(19)25(42)38(13-20(41)14-5-9-16(10-6-14)47-17-11-7-15(8-12-17)40(45)46)39-26(43)21-22(27(39)44)29(35)24(33)23(32)28(21,34)30(29,36)37/h1-12,21-22H,13H2/t21-,22+,28-,29-/m1/s1. The predicted octanol–water partition coefficient (Wildman–Crippen LogP) is 7.73. The SMILES string of the molecule is O=C(CN(C(=O)c1ccccc1Cl)N1C(=O)[C@@H]2[C@H](C1=O)[C@@]1(Cl)C(Cl)=C(Cl)[C@@]2(Cl)C1(Cl)Cl)c1ccc(Oc2ccc([N+](=O)[O-])cc2)cc1. The minimum Gasteiger partial charge on any atom is -0.457 e. The number of alkyl halides is 4. The monoisotopic (exact) mass is 775 g/mol. The zero-order valence-corrected chi connectivity index (χ0v) is 28.4. The first-order valence-electron chi connectivity index (χ1n) is 13.4. The summed E-state index contributed by atoms with van der Waals surface area (Å²) < 4.78 is 3.49. The molecule has 2 bridgehead atoms. The van der Waals surface area contributed by atoms with Gasteiger partial charge in [0.1, 0.15) is 27.8 Å². The van der Waals surface area contributed by atoms with Crippen molar-refractivity contribution in [3.63, 3.8) is 0 Å². The Hall–Kier alpha value is -3.09. The normalized spacial score (nSPS) is 25.6. The number of carbonyl (C=O) groups excluding carboxylic acids is 4. The molecule has 6 rings (SSSR count). The van der Waals surface area contributed by atoms with E-state index in [-0.39, 0.29) is 31.9 Å². The molecule has 3 aromatic carbocycles. The van der Waals surface area contributed by atoms with Gasteiger partial charge in [0.2, 0.25) is 0 Å². The number of ketones is 1. The second kappa shape index (κ2) is 11.8. The van der Waals surface area contributed by atoms with Crippen LogP contribution in [0.4, 0.5) is 5.69 Å². The first kappa shape index (κ1) is 33.8. The molecule has 2 fully saturated rings. The Bertz CT molecular complexity index is 1880. The summed E-state index contributed by atoms with van der Waals surface area (Å²) in [6.07, 6.45) is 0. The summed E-state index contributed by atoms with van der Waals surface area (Å²) in [4.78, 5) is 61.8. The molecule has 1 saturated heterocycles. The van der Waals surface area contributed by atoms with Gasteiger partial charge in [0.05, 0.1) is 37.4 Å². The number of halogens is 7. The molecule has 0 radical (unpaired) electrons. The highest BCUT2D eigenvalue weighted by Crippen LogP contribution is 2.77. The zero-order chi connectivity index (χ0) is 34.2. The largest absolute Gasteiger partial charge is 0.457 e. The number of benzene rings is 3. The van der Waals surface area contributed by atoms with E-state index in [0.29, 0.717) is 21.5 Å². The van der Waals surface area contributed by atoms with Gasteiger partial charge in [0, 0.05) is 17.7 Å². The Morgan fingerprint density at radius 1 is 0.809 bits per heavy atom. The number of amides is 3. The molecule has 17 heteroatoms. The van der Waals surface area contributed by atoms with E-state index in [2.05, 4.69) is 0 Å². The summed E-state index contributed by atoms with van der Waals surface area (Å²) >= 11 is 45.9. The molecule has 4 atom stereocenters. The van der Waals surface area contributed by atoms with Crippen LogP contribution in [0.25, 0.3) is 0 Å². The number of rotatable bonds is 8. The summed E-state index contributed by atoms with van der Waals surface area (Å²) in [6.45, 7) is -0.810. The van der Waals surface area contributed by atoms with E-state index in [0.717, 1.165) is 0 Å².